The SMILES string of the molecule is O=C1c2ccccc2-c2ccc(-n3nnc(-c4ccccc4)n3)cc21. The molecule has 5 nitrogen and oxygen atoms in total. The Morgan fingerprint density at radius 2 is 1.44 bits per heavy atom. The Labute approximate surface area is 143 Å². The molecular weight excluding hydrogens is 312 g/mol. The molecule has 0 bridgehead atoms. The molecule has 1 aromatic heterocycles. The molecular formula is C20H12N4O. The highest BCUT2D eigenvalue weighted by Gasteiger charge is 2.26. The molecule has 1 heterocycles. The molecule has 25 heavy (non-hydrogen) atoms. The van der Waals surface area contributed by atoms with Crippen molar-refractivity contribution in [3.63, 3.8) is 0 Å². The van der Waals surface area contributed by atoms with Gasteiger partial charge in [-0.1, -0.05) is 60.7 Å². The summed E-state index contributed by atoms with van der Waals surface area (Å²) < 4.78 is 0. The maximum atomic E-state index is 12.6. The average molecular weight is 324 g/mol. The van der Waals surface area contributed by atoms with E-state index in [1.165, 1.54) is 4.80 Å². The van der Waals surface area contributed by atoms with Crippen LogP contribution in [0.4, 0.5) is 0 Å². The van der Waals surface area contributed by atoms with E-state index < -0.39 is 0 Å². The van der Waals surface area contributed by atoms with Crippen LogP contribution in [-0.2, 0) is 0 Å². The number of aromatic nitrogens is 4. The van der Waals surface area contributed by atoms with Crippen LogP contribution in [0.1, 0.15) is 15.9 Å². The summed E-state index contributed by atoms with van der Waals surface area (Å²) in [4.78, 5) is 14.1. The van der Waals surface area contributed by atoms with E-state index in [4.69, 9.17) is 0 Å². The quantitative estimate of drug-likeness (QED) is 0.498. The van der Waals surface area contributed by atoms with Crippen molar-refractivity contribution in [1.29, 1.82) is 0 Å². The second-order valence-corrected chi connectivity index (χ2v) is 5.87. The Kier molecular flexibility index (Phi) is 2.87. The maximum absolute atomic E-state index is 12.6. The molecule has 0 aliphatic heterocycles. The number of ketones is 1. The minimum absolute atomic E-state index is 0.0378. The van der Waals surface area contributed by atoms with E-state index in [9.17, 15) is 4.79 Å². The van der Waals surface area contributed by atoms with Gasteiger partial charge in [-0.25, -0.2) is 0 Å². The summed E-state index contributed by atoms with van der Waals surface area (Å²) in [5.74, 6) is 0.589. The third-order valence-electron chi connectivity index (χ3n) is 4.39. The molecule has 0 N–H and O–H groups in total. The molecule has 0 unspecified atom stereocenters. The van der Waals surface area contributed by atoms with Crippen LogP contribution in [0.3, 0.4) is 0 Å². The second kappa shape index (κ2) is 5.21. The minimum Gasteiger partial charge on any atom is -0.289 e. The highest BCUT2D eigenvalue weighted by molar-refractivity contribution is 6.21. The van der Waals surface area contributed by atoms with Gasteiger partial charge in [0.1, 0.15) is 0 Å². The van der Waals surface area contributed by atoms with Crippen molar-refractivity contribution < 1.29 is 4.79 Å². The molecule has 0 radical (unpaired) electrons. The lowest BCUT2D eigenvalue weighted by atomic mass is 10.1. The fraction of sp³-hybridized carbons (Fsp3) is 0. The molecule has 5 heteroatoms. The number of hydrogen-bond acceptors (Lipinski definition) is 4. The molecule has 1 aliphatic carbocycles. The first-order valence-corrected chi connectivity index (χ1v) is 7.95. The number of nitrogens with zero attached hydrogens (tertiary/aromatic N) is 4. The Bertz CT molecular complexity index is 1120. The van der Waals surface area contributed by atoms with Crippen molar-refractivity contribution in [1.82, 2.24) is 20.2 Å². The molecule has 0 spiro atoms. The molecule has 118 valence electrons. The van der Waals surface area contributed by atoms with Crippen molar-refractivity contribution in [2.45, 2.75) is 0 Å². The van der Waals surface area contributed by atoms with Crippen LogP contribution >= 0.6 is 0 Å². The molecule has 4 aromatic rings. The smallest absolute Gasteiger partial charge is 0.205 e. The van der Waals surface area contributed by atoms with Crippen LogP contribution in [-0.4, -0.2) is 26.0 Å². The van der Waals surface area contributed by atoms with Gasteiger partial charge in [0.15, 0.2) is 5.78 Å². The van der Waals surface area contributed by atoms with E-state index in [2.05, 4.69) is 15.4 Å². The first-order valence-electron chi connectivity index (χ1n) is 7.95. The Morgan fingerprint density at radius 1 is 0.720 bits per heavy atom. The molecule has 1 aliphatic rings. The zero-order chi connectivity index (χ0) is 16.8. The van der Waals surface area contributed by atoms with E-state index in [-0.39, 0.29) is 5.78 Å². The minimum atomic E-state index is 0.0378. The number of carbonyl (C=O) groups excluding carboxylic acids is 1. The molecule has 5 rings (SSSR count). The van der Waals surface area contributed by atoms with Crippen molar-refractivity contribution in [3.8, 4) is 28.2 Å². The van der Waals surface area contributed by atoms with Gasteiger partial charge in [0.05, 0.1) is 5.69 Å². The number of benzene rings is 3. The number of fused-ring (bicyclic) bond motifs is 3. The van der Waals surface area contributed by atoms with E-state index >= 15 is 0 Å². The summed E-state index contributed by atoms with van der Waals surface area (Å²) in [6, 6.07) is 23.0. The second-order valence-electron chi connectivity index (χ2n) is 5.87. The maximum Gasteiger partial charge on any atom is 0.205 e. The van der Waals surface area contributed by atoms with Crippen LogP contribution in [0, 0.1) is 0 Å². The topological polar surface area (TPSA) is 60.7 Å². The predicted molar refractivity (Wildman–Crippen MR) is 93.5 cm³/mol. The lowest BCUT2D eigenvalue weighted by Crippen LogP contribution is -2.02. The monoisotopic (exact) mass is 324 g/mol. The van der Waals surface area contributed by atoms with Gasteiger partial charge in [0.25, 0.3) is 0 Å². The molecule has 0 atom stereocenters. The van der Waals surface area contributed by atoms with E-state index in [0.717, 1.165) is 27.9 Å². The van der Waals surface area contributed by atoms with Gasteiger partial charge in [0, 0.05) is 16.7 Å². The van der Waals surface area contributed by atoms with Crippen molar-refractivity contribution in [3.05, 3.63) is 83.9 Å². The van der Waals surface area contributed by atoms with Crippen molar-refractivity contribution in [2.75, 3.05) is 0 Å². The summed E-state index contributed by atoms with van der Waals surface area (Å²) in [6.07, 6.45) is 0. The number of tetrazole rings is 1. The van der Waals surface area contributed by atoms with Gasteiger partial charge in [-0.05, 0) is 28.5 Å². The molecule has 0 saturated heterocycles. The number of carbonyl (C=O) groups is 1. The number of hydrogen-bond donors (Lipinski definition) is 0. The molecule has 3 aromatic carbocycles. The Morgan fingerprint density at radius 3 is 2.28 bits per heavy atom. The zero-order valence-electron chi connectivity index (χ0n) is 13.1. The summed E-state index contributed by atoms with van der Waals surface area (Å²) in [6.45, 7) is 0. The summed E-state index contributed by atoms with van der Waals surface area (Å²) >= 11 is 0. The highest BCUT2D eigenvalue weighted by atomic mass is 16.1. The fourth-order valence-corrected chi connectivity index (χ4v) is 3.17. The zero-order valence-corrected chi connectivity index (χ0v) is 13.1. The van der Waals surface area contributed by atoms with Crippen LogP contribution in [0.5, 0.6) is 0 Å². The first kappa shape index (κ1) is 13.8. The lowest BCUT2D eigenvalue weighted by molar-refractivity contribution is 0.104. The summed E-state index contributed by atoms with van der Waals surface area (Å²) in [7, 11) is 0. The summed E-state index contributed by atoms with van der Waals surface area (Å²) in [5.41, 5.74) is 4.97. The standard InChI is InChI=1S/C20H12N4O/c25-19-17-9-5-4-8-15(17)16-11-10-14(12-18(16)19)24-22-20(21-23-24)13-6-2-1-3-7-13/h1-12H. The first-order chi connectivity index (χ1) is 12.3. The summed E-state index contributed by atoms with van der Waals surface area (Å²) in [5, 5.41) is 12.7. The fourth-order valence-electron chi connectivity index (χ4n) is 3.17. The van der Waals surface area contributed by atoms with Gasteiger partial charge < -0.3 is 0 Å². The van der Waals surface area contributed by atoms with Crippen LogP contribution < -0.4 is 0 Å². The van der Waals surface area contributed by atoms with E-state index in [0.29, 0.717) is 11.4 Å². The Hall–Kier alpha value is -3.60. The third-order valence-corrected chi connectivity index (χ3v) is 4.39. The van der Waals surface area contributed by atoms with Crippen molar-refractivity contribution >= 4 is 5.78 Å². The van der Waals surface area contributed by atoms with Crippen LogP contribution in [0.2, 0.25) is 0 Å². The highest BCUT2D eigenvalue weighted by Crippen LogP contribution is 2.37. The number of rotatable bonds is 2. The average Bonchev–Trinajstić information content (AvgIpc) is 3.27. The Balaban J connectivity index is 1.58. The molecule has 0 fully saturated rings. The normalized spacial score (nSPS) is 12.1. The van der Waals surface area contributed by atoms with Gasteiger partial charge in [-0.2, -0.15) is 0 Å². The van der Waals surface area contributed by atoms with Gasteiger partial charge >= 0.3 is 0 Å². The van der Waals surface area contributed by atoms with E-state index in [1.54, 1.807) is 0 Å². The van der Waals surface area contributed by atoms with Gasteiger partial charge in [-0.15, -0.1) is 15.0 Å². The van der Waals surface area contributed by atoms with E-state index in [1.807, 2.05) is 72.8 Å². The lowest BCUT2D eigenvalue weighted by Gasteiger charge is -2.02. The van der Waals surface area contributed by atoms with Crippen LogP contribution in [0.15, 0.2) is 72.8 Å². The largest absolute Gasteiger partial charge is 0.289 e. The van der Waals surface area contributed by atoms with Gasteiger partial charge in [0.2, 0.25) is 5.82 Å². The molecule has 0 saturated carbocycles. The van der Waals surface area contributed by atoms with Crippen LogP contribution in [0.25, 0.3) is 28.2 Å². The van der Waals surface area contributed by atoms with Crippen molar-refractivity contribution in [2.24, 2.45) is 0 Å². The predicted octanol–water partition coefficient (Wildman–Crippen LogP) is 3.54. The third kappa shape index (κ3) is 2.10. The van der Waals surface area contributed by atoms with Gasteiger partial charge in [-0.3, -0.25) is 4.79 Å². The molecule has 0 amide bonds.